The van der Waals surface area contributed by atoms with Crippen molar-refractivity contribution in [3.05, 3.63) is 133 Å². The van der Waals surface area contributed by atoms with E-state index in [9.17, 15) is 5.11 Å². The number of thioether (sulfide) groups is 1. The van der Waals surface area contributed by atoms with Gasteiger partial charge < -0.3 is 33.2 Å². The summed E-state index contributed by atoms with van der Waals surface area (Å²) in [5.41, 5.74) is -0.429. The van der Waals surface area contributed by atoms with Gasteiger partial charge >= 0.3 is 0 Å². The molecule has 0 bridgehead atoms. The van der Waals surface area contributed by atoms with Crippen molar-refractivity contribution in [3.8, 4) is 5.75 Å². The number of rotatable bonds is 17. The lowest BCUT2D eigenvalue weighted by molar-refractivity contribution is -0.350. The molecule has 64 heavy (non-hydrogen) atoms. The van der Waals surface area contributed by atoms with Gasteiger partial charge in [0.1, 0.15) is 11.4 Å². The Balaban J connectivity index is 1.44. The molecule has 2 heterocycles. The molecule has 13 atom stereocenters. The van der Waals surface area contributed by atoms with Crippen LogP contribution < -0.4 is 15.1 Å². The Kier molecular flexibility index (Phi) is 16.2. The molecular weight excluding hydrogens is 833 g/mol. The summed E-state index contributed by atoms with van der Waals surface area (Å²) in [6.07, 6.45) is 0.563. The van der Waals surface area contributed by atoms with E-state index in [1.54, 1.807) is 18.9 Å². The van der Waals surface area contributed by atoms with E-state index in [-0.39, 0.29) is 64.3 Å². The molecule has 0 saturated carbocycles. The zero-order valence-corrected chi connectivity index (χ0v) is 42.5. The van der Waals surface area contributed by atoms with Gasteiger partial charge in [-0.25, -0.2) is 0 Å². The summed E-state index contributed by atoms with van der Waals surface area (Å²) in [5.74, 6) is -0.565. The lowest BCUT2D eigenvalue weighted by Crippen LogP contribution is -2.68. The fraction of sp³-hybridized carbons (Fsp3) is 0.527. The van der Waals surface area contributed by atoms with Crippen LogP contribution in [0.2, 0.25) is 5.04 Å². The normalized spacial score (nSPS) is 27.3. The summed E-state index contributed by atoms with van der Waals surface area (Å²) in [5, 5.41) is 15.3. The monoisotopic (exact) mass is 909 g/mol. The Morgan fingerprint density at radius 3 is 1.75 bits per heavy atom. The molecular formula is C55H76O7SSi. The fourth-order valence-electron chi connectivity index (χ4n) is 10.7. The number of aliphatic hydroxyl groups is 1. The molecule has 1 unspecified atom stereocenters. The Bertz CT molecular complexity index is 2020. The molecule has 4 aromatic carbocycles. The topological polar surface area (TPSA) is 75.6 Å². The van der Waals surface area contributed by atoms with E-state index in [4.69, 9.17) is 28.1 Å². The maximum absolute atomic E-state index is 13.3. The smallest absolute Gasteiger partial charge is 0.261 e. The zero-order valence-electron chi connectivity index (χ0n) is 40.7. The van der Waals surface area contributed by atoms with E-state index in [0.717, 1.165) is 22.6 Å². The molecule has 6 rings (SSSR count). The van der Waals surface area contributed by atoms with Gasteiger partial charge in [-0.3, -0.25) is 0 Å². The first-order chi connectivity index (χ1) is 30.3. The van der Waals surface area contributed by atoms with Crippen molar-refractivity contribution in [2.75, 3.05) is 7.11 Å². The average molecular weight is 909 g/mol. The second-order valence-corrected chi connectivity index (χ2v) is 25.6. The van der Waals surface area contributed by atoms with Crippen LogP contribution >= 0.6 is 11.8 Å². The molecule has 2 saturated heterocycles. The van der Waals surface area contributed by atoms with Gasteiger partial charge in [0.25, 0.3) is 8.32 Å². The maximum Gasteiger partial charge on any atom is 0.261 e. The third-order valence-electron chi connectivity index (χ3n) is 14.1. The molecule has 7 nitrogen and oxygen atoms in total. The van der Waals surface area contributed by atoms with Crippen molar-refractivity contribution in [1.29, 1.82) is 0 Å². The third-order valence-corrected chi connectivity index (χ3v) is 20.9. The summed E-state index contributed by atoms with van der Waals surface area (Å²) in [6, 6.07) is 40.1. The van der Waals surface area contributed by atoms with Crippen molar-refractivity contribution in [2.24, 2.45) is 29.6 Å². The van der Waals surface area contributed by atoms with Crippen LogP contribution in [0.4, 0.5) is 0 Å². The van der Waals surface area contributed by atoms with Crippen LogP contribution in [0.3, 0.4) is 0 Å². The van der Waals surface area contributed by atoms with Crippen LogP contribution in [0.5, 0.6) is 5.75 Å². The van der Waals surface area contributed by atoms with Gasteiger partial charge in [0.15, 0.2) is 12.1 Å². The highest BCUT2D eigenvalue weighted by atomic mass is 32.2. The van der Waals surface area contributed by atoms with Gasteiger partial charge in [-0.2, -0.15) is 0 Å². The van der Waals surface area contributed by atoms with Crippen LogP contribution in [0, 0.1) is 29.6 Å². The average Bonchev–Trinajstić information content (AvgIpc) is 3.29. The highest BCUT2D eigenvalue weighted by molar-refractivity contribution is 8.00. The van der Waals surface area contributed by atoms with Crippen LogP contribution in [-0.4, -0.2) is 67.7 Å². The molecule has 9 heteroatoms. The Morgan fingerprint density at radius 1 is 0.750 bits per heavy atom. The summed E-state index contributed by atoms with van der Waals surface area (Å²) in [6.45, 7) is 30.3. The van der Waals surface area contributed by atoms with Crippen molar-refractivity contribution < 1.29 is 33.2 Å². The standard InChI is InChI=1S/C55H76O7SSi/c1-15-36(3)47-39(6)50(61-54(11,12)60-47)55(13,56)51(63-43-26-20-17-21-27-43)40(7)49-38(5)48(58-52(59-49)41-32-34-42(57-14)35-33-41)37(4)46(16-2)62-64(53(8,9)10,44-28-22-18-23-29-44)45-30-24-19-25-31-45/h15,17-40,46-52,56H,1,16H2,2-14H3/t36-,37-,38+,39-,40-,46+,47+,48-,49+,50+,51+,52?,55-/m0/s1. The molecule has 0 radical (unpaired) electrons. The van der Waals surface area contributed by atoms with Crippen LogP contribution in [0.1, 0.15) is 101 Å². The van der Waals surface area contributed by atoms with E-state index < -0.39 is 32.1 Å². The number of hydrogen-bond acceptors (Lipinski definition) is 8. The van der Waals surface area contributed by atoms with Crippen molar-refractivity contribution in [3.63, 3.8) is 0 Å². The zero-order chi connectivity index (χ0) is 46.6. The van der Waals surface area contributed by atoms with Gasteiger partial charge in [0, 0.05) is 39.4 Å². The summed E-state index contributed by atoms with van der Waals surface area (Å²) in [7, 11) is -1.24. The van der Waals surface area contributed by atoms with Crippen LogP contribution in [-0.2, 0) is 23.4 Å². The molecule has 2 aliphatic heterocycles. The van der Waals surface area contributed by atoms with Crippen molar-refractivity contribution in [2.45, 2.75) is 153 Å². The molecule has 4 aromatic rings. The number of hydrogen-bond donors (Lipinski definition) is 1. The summed E-state index contributed by atoms with van der Waals surface area (Å²) in [4.78, 5) is 1.07. The van der Waals surface area contributed by atoms with E-state index in [2.05, 4.69) is 154 Å². The van der Waals surface area contributed by atoms with Gasteiger partial charge in [-0.1, -0.05) is 159 Å². The van der Waals surface area contributed by atoms with Gasteiger partial charge in [0.2, 0.25) is 0 Å². The van der Waals surface area contributed by atoms with Crippen molar-refractivity contribution in [1.82, 2.24) is 0 Å². The first-order valence-electron chi connectivity index (χ1n) is 23.5. The predicted octanol–water partition coefficient (Wildman–Crippen LogP) is 11.6. The molecule has 2 fully saturated rings. The summed E-state index contributed by atoms with van der Waals surface area (Å²) >= 11 is 1.69. The quantitative estimate of drug-likeness (QED) is 0.0638. The van der Waals surface area contributed by atoms with E-state index >= 15 is 0 Å². The highest BCUT2D eigenvalue weighted by Gasteiger charge is 2.57. The predicted molar refractivity (Wildman–Crippen MR) is 265 cm³/mol. The second kappa shape index (κ2) is 20.7. The highest BCUT2D eigenvalue weighted by Crippen LogP contribution is 2.50. The lowest BCUT2D eigenvalue weighted by Gasteiger charge is -2.54. The molecule has 0 amide bonds. The minimum absolute atomic E-state index is 0.0393. The molecule has 0 spiro atoms. The third kappa shape index (κ3) is 10.5. The SMILES string of the molecule is C=C[C@H](C)[C@H]1OC(C)(C)O[C@@H]([C@](C)(O)[C@H](Sc2ccccc2)[C@@H](C)[C@@H]2OC(c3ccc(OC)cc3)O[C@@H]([C@@H](C)[C@@H](CC)O[Si](c3ccccc3)(c3ccccc3)C(C)(C)C)[C@H]2C)[C@H]1C. The van der Waals surface area contributed by atoms with E-state index in [0.29, 0.717) is 0 Å². The molecule has 0 aromatic heterocycles. The van der Waals surface area contributed by atoms with Crippen molar-refractivity contribution >= 4 is 30.5 Å². The van der Waals surface area contributed by atoms with E-state index in [1.165, 1.54) is 10.4 Å². The Labute approximate surface area is 390 Å². The van der Waals surface area contributed by atoms with Crippen LogP contribution in [0.15, 0.2) is 133 Å². The number of ether oxygens (including phenoxy) is 5. The maximum atomic E-state index is 13.3. The van der Waals surface area contributed by atoms with Gasteiger partial charge in [0.05, 0.1) is 37.6 Å². The van der Waals surface area contributed by atoms with E-state index in [1.807, 2.05) is 57.2 Å². The minimum Gasteiger partial charge on any atom is -0.497 e. The number of methoxy groups -OCH3 is 1. The molecule has 1 N–H and O–H groups in total. The largest absolute Gasteiger partial charge is 0.497 e. The minimum atomic E-state index is -2.92. The van der Waals surface area contributed by atoms with Gasteiger partial charge in [-0.05, 0) is 72.8 Å². The first-order valence-corrected chi connectivity index (χ1v) is 26.2. The first kappa shape index (κ1) is 50.2. The molecule has 348 valence electrons. The molecule has 0 aliphatic carbocycles. The lowest BCUT2D eigenvalue weighted by atomic mass is 9.73. The van der Waals surface area contributed by atoms with Gasteiger partial charge in [-0.15, -0.1) is 18.3 Å². The number of benzene rings is 4. The summed E-state index contributed by atoms with van der Waals surface area (Å²) < 4.78 is 41.3. The van der Waals surface area contributed by atoms with Crippen LogP contribution in [0.25, 0.3) is 0 Å². The molecule has 2 aliphatic rings. The second-order valence-electron chi connectivity index (χ2n) is 20.2. The Morgan fingerprint density at radius 2 is 1.27 bits per heavy atom. The fourth-order valence-corrected chi connectivity index (χ4v) is 16.9. The Hall–Kier alpha value is -3.25.